The Morgan fingerprint density at radius 3 is 2.52 bits per heavy atom. The maximum Gasteiger partial charge on any atom is 0.416 e. The van der Waals surface area contributed by atoms with Gasteiger partial charge in [0.25, 0.3) is 0 Å². The minimum atomic E-state index is -4.49. The van der Waals surface area contributed by atoms with Crippen LogP contribution in [0.25, 0.3) is 0 Å². The standard InChI is InChI=1S/C16H11F4NOS/c17-12-5-1-3-10(7-12)15-21(14(22)9-23-15)13-6-2-4-11(8-13)16(18,19)20/h1-8,15H,9H2/t15-/m1/s1. The molecule has 7 heteroatoms. The average Bonchev–Trinajstić information content (AvgIpc) is 2.88. The third kappa shape index (κ3) is 3.19. The topological polar surface area (TPSA) is 20.3 Å². The van der Waals surface area contributed by atoms with E-state index in [1.807, 2.05) is 0 Å². The Morgan fingerprint density at radius 1 is 1.09 bits per heavy atom. The molecule has 0 N–H and O–H groups in total. The molecule has 120 valence electrons. The van der Waals surface area contributed by atoms with Gasteiger partial charge in [0.05, 0.1) is 11.3 Å². The Balaban J connectivity index is 2.01. The Bertz CT molecular complexity index is 747. The van der Waals surface area contributed by atoms with Crippen LogP contribution in [0.15, 0.2) is 48.5 Å². The fraction of sp³-hybridized carbons (Fsp3) is 0.188. The van der Waals surface area contributed by atoms with E-state index in [-0.39, 0.29) is 17.3 Å². The van der Waals surface area contributed by atoms with Crippen LogP contribution in [0.4, 0.5) is 23.2 Å². The SMILES string of the molecule is O=C1CS[C@H](c2cccc(F)c2)N1c1cccc(C(F)(F)F)c1. The lowest BCUT2D eigenvalue weighted by Crippen LogP contribution is -2.28. The predicted octanol–water partition coefficient (Wildman–Crippen LogP) is 4.62. The first kappa shape index (κ1) is 15.9. The molecule has 1 atom stereocenters. The lowest BCUT2D eigenvalue weighted by molar-refractivity contribution is -0.137. The molecule has 23 heavy (non-hydrogen) atoms. The van der Waals surface area contributed by atoms with Crippen molar-refractivity contribution in [1.29, 1.82) is 0 Å². The van der Waals surface area contributed by atoms with Crippen LogP contribution in [0.3, 0.4) is 0 Å². The van der Waals surface area contributed by atoms with Crippen LogP contribution in [0.1, 0.15) is 16.5 Å². The summed E-state index contributed by atoms with van der Waals surface area (Å²) < 4.78 is 52.0. The molecule has 1 aliphatic heterocycles. The molecule has 2 aromatic rings. The van der Waals surface area contributed by atoms with Crippen molar-refractivity contribution in [3.05, 3.63) is 65.5 Å². The molecule has 0 spiro atoms. The molecule has 0 radical (unpaired) electrons. The molecule has 0 bridgehead atoms. The summed E-state index contributed by atoms with van der Waals surface area (Å²) in [5.74, 6) is -0.618. The van der Waals surface area contributed by atoms with Gasteiger partial charge in [-0.2, -0.15) is 13.2 Å². The molecule has 1 aliphatic rings. The summed E-state index contributed by atoms with van der Waals surface area (Å²) in [7, 11) is 0. The second kappa shape index (κ2) is 5.88. The van der Waals surface area contributed by atoms with Crippen LogP contribution in [-0.4, -0.2) is 11.7 Å². The Hall–Kier alpha value is -2.02. The first-order valence-corrected chi connectivity index (χ1v) is 7.77. The molecule has 1 heterocycles. The van der Waals surface area contributed by atoms with Gasteiger partial charge in [0.15, 0.2) is 0 Å². The summed E-state index contributed by atoms with van der Waals surface area (Å²) in [6.07, 6.45) is -4.49. The second-order valence-corrected chi connectivity index (χ2v) is 6.10. The third-order valence-electron chi connectivity index (χ3n) is 3.45. The highest BCUT2D eigenvalue weighted by atomic mass is 32.2. The summed E-state index contributed by atoms with van der Waals surface area (Å²) in [4.78, 5) is 13.4. The Labute approximate surface area is 134 Å². The van der Waals surface area contributed by atoms with E-state index in [9.17, 15) is 22.4 Å². The maximum absolute atomic E-state index is 13.4. The van der Waals surface area contributed by atoms with Gasteiger partial charge in [0.2, 0.25) is 5.91 Å². The number of hydrogen-bond donors (Lipinski definition) is 0. The third-order valence-corrected chi connectivity index (χ3v) is 4.67. The van der Waals surface area contributed by atoms with Gasteiger partial charge >= 0.3 is 6.18 Å². The highest BCUT2D eigenvalue weighted by Crippen LogP contribution is 2.43. The number of carbonyl (C=O) groups excluding carboxylic acids is 1. The average molecular weight is 341 g/mol. The molecule has 0 aliphatic carbocycles. The second-order valence-electron chi connectivity index (χ2n) is 5.03. The highest BCUT2D eigenvalue weighted by molar-refractivity contribution is 8.00. The van der Waals surface area contributed by atoms with Crippen molar-refractivity contribution >= 4 is 23.4 Å². The first-order chi connectivity index (χ1) is 10.9. The number of rotatable bonds is 2. The molecule has 2 aromatic carbocycles. The summed E-state index contributed by atoms with van der Waals surface area (Å²) in [6, 6.07) is 10.3. The smallest absolute Gasteiger partial charge is 0.295 e. The number of nitrogens with zero attached hydrogens (tertiary/aromatic N) is 1. The molecule has 2 nitrogen and oxygen atoms in total. The number of hydrogen-bond acceptors (Lipinski definition) is 2. The number of amides is 1. The summed E-state index contributed by atoms with van der Waals surface area (Å²) in [5.41, 5.74) is -0.125. The fourth-order valence-electron chi connectivity index (χ4n) is 2.44. The van der Waals surface area contributed by atoms with E-state index in [2.05, 4.69) is 0 Å². The normalized spacial score (nSPS) is 18.5. The van der Waals surface area contributed by atoms with Crippen LogP contribution in [-0.2, 0) is 11.0 Å². The largest absolute Gasteiger partial charge is 0.416 e. The van der Waals surface area contributed by atoms with Gasteiger partial charge in [-0.05, 0) is 35.9 Å². The fourth-order valence-corrected chi connectivity index (χ4v) is 3.61. The zero-order valence-electron chi connectivity index (χ0n) is 11.7. The van der Waals surface area contributed by atoms with Crippen molar-refractivity contribution in [2.75, 3.05) is 10.7 Å². The quantitative estimate of drug-likeness (QED) is 0.743. The van der Waals surface area contributed by atoms with Crippen LogP contribution in [0.2, 0.25) is 0 Å². The summed E-state index contributed by atoms with van der Waals surface area (Å²) >= 11 is 1.26. The number of anilines is 1. The van der Waals surface area contributed by atoms with Gasteiger partial charge in [-0.1, -0.05) is 18.2 Å². The number of carbonyl (C=O) groups is 1. The summed E-state index contributed by atoms with van der Waals surface area (Å²) in [5, 5.41) is -0.540. The molecule has 1 fully saturated rings. The van der Waals surface area contributed by atoms with E-state index >= 15 is 0 Å². The number of benzene rings is 2. The van der Waals surface area contributed by atoms with Gasteiger partial charge < -0.3 is 0 Å². The lowest BCUT2D eigenvalue weighted by Gasteiger charge is -2.25. The molecule has 1 amide bonds. The van der Waals surface area contributed by atoms with Gasteiger partial charge in [-0.25, -0.2) is 4.39 Å². The minimum absolute atomic E-state index is 0.136. The summed E-state index contributed by atoms with van der Waals surface area (Å²) in [6.45, 7) is 0. The van der Waals surface area contributed by atoms with Gasteiger partial charge in [-0.15, -0.1) is 11.8 Å². The maximum atomic E-state index is 13.4. The Morgan fingerprint density at radius 2 is 1.83 bits per heavy atom. The lowest BCUT2D eigenvalue weighted by atomic mass is 10.1. The molecule has 0 aromatic heterocycles. The molecular weight excluding hydrogens is 330 g/mol. The van der Waals surface area contributed by atoms with E-state index in [1.54, 1.807) is 6.07 Å². The first-order valence-electron chi connectivity index (χ1n) is 6.72. The van der Waals surface area contributed by atoms with Crippen molar-refractivity contribution < 1.29 is 22.4 Å². The molecule has 0 unspecified atom stereocenters. The van der Waals surface area contributed by atoms with Crippen molar-refractivity contribution in [2.24, 2.45) is 0 Å². The van der Waals surface area contributed by atoms with Crippen LogP contribution in [0.5, 0.6) is 0 Å². The van der Waals surface area contributed by atoms with E-state index in [0.29, 0.717) is 5.56 Å². The van der Waals surface area contributed by atoms with E-state index in [4.69, 9.17) is 0 Å². The van der Waals surface area contributed by atoms with Gasteiger partial charge in [0, 0.05) is 5.69 Å². The highest BCUT2D eigenvalue weighted by Gasteiger charge is 2.36. The van der Waals surface area contributed by atoms with E-state index in [1.165, 1.54) is 47.0 Å². The molecule has 0 saturated carbocycles. The zero-order chi connectivity index (χ0) is 16.6. The van der Waals surface area contributed by atoms with E-state index < -0.39 is 22.9 Å². The number of halogens is 4. The monoisotopic (exact) mass is 341 g/mol. The molecule has 1 saturated heterocycles. The predicted molar refractivity (Wildman–Crippen MR) is 80.5 cm³/mol. The Kier molecular flexibility index (Phi) is 4.06. The number of alkyl halides is 3. The minimum Gasteiger partial charge on any atom is -0.295 e. The van der Waals surface area contributed by atoms with E-state index in [0.717, 1.165) is 12.1 Å². The van der Waals surface area contributed by atoms with Crippen LogP contribution < -0.4 is 4.90 Å². The number of thioether (sulfide) groups is 1. The van der Waals surface area contributed by atoms with Crippen LogP contribution >= 0.6 is 11.8 Å². The molecular formula is C16H11F4NOS. The van der Waals surface area contributed by atoms with Crippen LogP contribution in [0, 0.1) is 5.82 Å². The van der Waals surface area contributed by atoms with Crippen molar-refractivity contribution in [2.45, 2.75) is 11.6 Å². The van der Waals surface area contributed by atoms with Gasteiger partial charge in [-0.3, -0.25) is 9.69 Å². The molecule has 3 rings (SSSR count). The van der Waals surface area contributed by atoms with Gasteiger partial charge in [0.1, 0.15) is 11.2 Å². The zero-order valence-corrected chi connectivity index (χ0v) is 12.5. The van der Waals surface area contributed by atoms with Crippen molar-refractivity contribution in [1.82, 2.24) is 0 Å². The van der Waals surface area contributed by atoms with Crippen molar-refractivity contribution in [3.8, 4) is 0 Å². The van der Waals surface area contributed by atoms with Crippen molar-refractivity contribution in [3.63, 3.8) is 0 Å².